The average Bonchev–Trinajstić information content (AvgIpc) is 2.45. The molecule has 0 spiro atoms. The molecule has 0 aliphatic heterocycles. The molecule has 0 aromatic rings. The SMILES string of the molecule is C=C(C)C(C(=C)C(C)(C)I(I)C1CCC(C)C(C(=C)C)C1)=C(C)C. The van der Waals surface area contributed by atoms with Crippen molar-refractivity contribution in [1.29, 1.82) is 0 Å². The zero-order valence-corrected chi connectivity index (χ0v) is 21.0. The van der Waals surface area contributed by atoms with Crippen molar-refractivity contribution in [3.8, 4) is 0 Å². The molecule has 3 atom stereocenters. The molecule has 138 valence electrons. The second-order valence-corrected chi connectivity index (χ2v) is 20.1. The van der Waals surface area contributed by atoms with E-state index in [4.69, 9.17) is 0 Å². The second-order valence-electron chi connectivity index (χ2n) is 8.21. The number of halogens is 2. The summed E-state index contributed by atoms with van der Waals surface area (Å²) in [7, 11) is 0. The molecule has 0 radical (unpaired) electrons. The molecule has 0 nitrogen and oxygen atoms in total. The van der Waals surface area contributed by atoms with Gasteiger partial charge in [0.2, 0.25) is 0 Å². The maximum atomic E-state index is 4.55. The van der Waals surface area contributed by atoms with Gasteiger partial charge in [0.05, 0.1) is 0 Å². The number of rotatable bonds is 6. The predicted octanol–water partition coefficient (Wildman–Crippen LogP) is 8.47. The van der Waals surface area contributed by atoms with Gasteiger partial charge in [0.25, 0.3) is 0 Å². The Bertz CT molecular complexity index is 546. The number of hydrogen-bond donors (Lipinski definition) is 0. The molecule has 1 aliphatic rings. The van der Waals surface area contributed by atoms with E-state index < -0.39 is 15.8 Å². The molecular weight excluding hydrogens is 518 g/mol. The zero-order chi connectivity index (χ0) is 18.8. The molecule has 0 aromatic carbocycles. The van der Waals surface area contributed by atoms with Crippen LogP contribution in [-0.4, -0.2) is 7.35 Å². The summed E-state index contributed by atoms with van der Waals surface area (Å²) < 4.78 is 1.11. The molecule has 1 rings (SSSR count). The quantitative estimate of drug-likeness (QED) is 0.134. The van der Waals surface area contributed by atoms with Crippen molar-refractivity contribution in [2.24, 2.45) is 11.8 Å². The van der Waals surface area contributed by atoms with E-state index in [9.17, 15) is 0 Å². The van der Waals surface area contributed by atoms with E-state index in [1.165, 1.54) is 41.6 Å². The van der Waals surface area contributed by atoms with Gasteiger partial charge in [-0.05, 0) is 0 Å². The molecule has 0 bridgehead atoms. The Morgan fingerprint density at radius 1 is 1.04 bits per heavy atom. The molecule has 0 aromatic heterocycles. The normalized spacial score (nSPS) is 25.0. The minimum atomic E-state index is -1.25. The Morgan fingerprint density at radius 2 is 1.58 bits per heavy atom. The van der Waals surface area contributed by atoms with Crippen LogP contribution in [0, 0.1) is 11.8 Å². The number of alkyl halides is 2. The van der Waals surface area contributed by atoms with Crippen LogP contribution < -0.4 is 0 Å². The van der Waals surface area contributed by atoms with E-state index in [0.717, 1.165) is 15.4 Å². The summed E-state index contributed by atoms with van der Waals surface area (Å²) in [6.07, 6.45) is 4.10. The van der Waals surface area contributed by atoms with Crippen LogP contribution in [0.25, 0.3) is 0 Å². The van der Waals surface area contributed by atoms with Gasteiger partial charge in [0.15, 0.2) is 0 Å². The summed E-state index contributed by atoms with van der Waals surface area (Å²) in [6, 6.07) is 0. The molecule has 1 fully saturated rings. The Balaban J connectivity index is 3.06. The van der Waals surface area contributed by atoms with Crippen molar-refractivity contribution >= 4 is 34.5 Å². The fraction of sp³-hybridized carbons (Fsp3) is 0.636. The van der Waals surface area contributed by atoms with Crippen molar-refractivity contribution in [3.05, 3.63) is 47.6 Å². The van der Waals surface area contributed by atoms with Gasteiger partial charge in [-0.15, -0.1) is 0 Å². The molecule has 2 heteroatoms. The van der Waals surface area contributed by atoms with Gasteiger partial charge in [0, 0.05) is 0 Å². The van der Waals surface area contributed by atoms with E-state index in [-0.39, 0.29) is 3.42 Å². The molecule has 1 saturated carbocycles. The van der Waals surface area contributed by atoms with E-state index in [1.54, 1.807) is 0 Å². The first-order valence-corrected chi connectivity index (χ1v) is 17.6. The van der Waals surface area contributed by atoms with Gasteiger partial charge in [-0.3, -0.25) is 0 Å². The molecule has 0 amide bonds. The summed E-state index contributed by atoms with van der Waals surface area (Å²) in [5, 5.41) is 0. The zero-order valence-electron chi connectivity index (χ0n) is 16.7. The van der Waals surface area contributed by atoms with Crippen LogP contribution >= 0.6 is 34.5 Å². The van der Waals surface area contributed by atoms with E-state index in [2.05, 4.69) is 86.8 Å². The van der Waals surface area contributed by atoms with Gasteiger partial charge in [-0.1, -0.05) is 0 Å². The summed E-state index contributed by atoms with van der Waals surface area (Å²) in [5.41, 5.74) is 6.53. The Kier molecular flexibility index (Phi) is 8.31. The van der Waals surface area contributed by atoms with Crippen LogP contribution in [0.4, 0.5) is 0 Å². The van der Waals surface area contributed by atoms with Gasteiger partial charge < -0.3 is 0 Å². The first-order chi connectivity index (χ1) is 10.9. The summed E-state index contributed by atoms with van der Waals surface area (Å²) in [4.78, 5) is 0. The molecular formula is C22H36I2. The Hall–Kier alpha value is 0.420. The van der Waals surface area contributed by atoms with E-state index in [0.29, 0.717) is 5.92 Å². The molecule has 0 heterocycles. The molecule has 0 N–H and O–H groups in total. The van der Waals surface area contributed by atoms with Crippen molar-refractivity contribution in [2.75, 3.05) is 0 Å². The van der Waals surface area contributed by atoms with E-state index in [1.807, 2.05) is 0 Å². The standard InChI is InChI=1S/C22H36I2/c1-14(2)20-13-19(12-11-17(20)7)24(23)22(9,10)18(8)21(15(3)4)16(5)6/h17,19-20H,1,3,8,11-13H2,2,4-7,9-10H3. The predicted molar refractivity (Wildman–Crippen MR) is 130 cm³/mol. The van der Waals surface area contributed by atoms with Crippen LogP contribution in [0.2, 0.25) is 0 Å². The number of allylic oxidation sites excluding steroid dienone is 5. The van der Waals surface area contributed by atoms with Gasteiger partial charge in [0.1, 0.15) is 0 Å². The Labute approximate surface area is 167 Å². The summed E-state index contributed by atoms with van der Waals surface area (Å²) in [6.45, 7) is 29.0. The molecule has 0 saturated heterocycles. The topological polar surface area (TPSA) is 0 Å². The maximum absolute atomic E-state index is 4.55. The first-order valence-electron chi connectivity index (χ1n) is 8.94. The second kappa shape index (κ2) is 8.88. The summed E-state index contributed by atoms with van der Waals surface area (Å²) in [5.74, 6) is 1.51. The van der Waals surface area contributed by atoms with Crippen molar-refractivity contribution in [2.45, 2.75) is 75.1 Å². The fourth-order valence-electron chi connectivity index (χ4n) is 3.91. The average molecular weight is 554 g/mol. The van der Waals surface area contributed by atoms with Gasteiger partial charge in [-0.25, -0.2) is 0 Å². The van der Waals surface area contributed by atoms with Crippen molar-refractivity contribution in [1.82, 2.24) is 0 Å². The fourth-order valence-corrected chi connectivity index (χ4v) is 13.4. The van der Waals surface area contributed by atoms with Gasteiger partial charge in [-0.2, -0.15) is 0 Å². The van der Waals surface area contributed by atoms with Crippen molar-refractivity contribution in [3.63, 3.8) is 0 Å². The molecule has 3 unspecified atom stereocenters. The van der Waals surface area contributed by atoms with Crippen LogP contribution in [0.3, 0.4) is 0 Å². The van der Waals surface area contributed by atoms with Crippen LogP contribution in [0.5, 0.6) is 0 Å². The third kappa shape index (κ3) is 4.99. The third-order valence-electron chi connectivity index (χ3n) is 5.43. The van der Waals surface area contributed by atoms with E-state index >= 15 is 0 Å². The van der Waals surface area contributed by atoms with Crippen LogP contribution in [0.15, 0.2) is 47.6 Å². The Morgan fingerprint density at radius 3 is 2.00 bits per heavy atom. The molecule has 1 aliphatic carbocycles. The monoisotopic (exact) mass is 554 g/mol. The van der Waals surface area contributed by atoms with Crippen LogP contribution in [0.1, 0.15) is 67.7 Å². The third-order valence-corrected chi connectivity index (χ3v) is 22.6. The van der Waals surface area contributed by atoms with Crippen molar-refractivity contribution < 1.29 is 0 Å². The first kappa shape index (κ1) is 22.5. The molecule has 24 heavy (non-hydrogen) atoms. The van der Waals surface area contributed by atoms with Crippen LogP contribution in [-0.2, 0) is 0 Å². The van der Waals surface area contributed by atoms with Gasteiger partial charge >= 0.3 is 169 Å². The number of hydrogen-bond acceptors (Lipinski definition) is 0. The minimum absolute atomic E-state index is 0.223. The summed E-state index contributed by atoms with van der Waals surface area (Å²) >= 11 is 1.60.